The van der Waals surface area contributed by atoms with Crippen LogP contribution in [0.15, 0.2) is 48.5 Å². The molecule has 0 heterocycles. The van der Waals surface area contributed by atoms with E-state index in [2.05, 4.69) is 31.2 Å². The lowest BCUT2D eigenvalue weighted by Crippen LogP contribution is -2.21. The Hall–Kier alpha value is -2.13. The molecule has 2 rings (SSSR count). The van der Waals surface area contributed by atoms with Gasteiger partial charge in [0, 0.05) is 6.04 Å². The SMILES string of the molecule is CCC(N)Cc1ccc(-c2ccc(CC(=O)O)cc2)cc1. The van der Waals surface area contributed by atoms with Gasteiger partial charge < -0.3 is 10.8 Å². The lowest BCUT2D eigenvalue weighted by molar-refractivity contribution is -0.136. The predicted molar refractivity (Wildman–Crippen MR) is 85.2 cm³/mol. The van der Waals surface area contributed by atoms with Crippen LogP contribution in [-0.4, -0.2) is 17.1 Å². The number of benzene rings is 2. The Kier molecular flexibility index (Phi) is 5.12. The molecule has 0 aliphatic carbocycles. The summed E-state index contributed by atoms with van der Waals surface area (Å²) in [6, 6.07) is 16.3. The van der Waals surface area contributed by atoms with E-state index in [-0.39, 0.29) is 12.5 Å². The first-order valence-electron chi connectivity index (χ1n) is 7.24. The monoisotopic (exact) mass is 283 g/mol. The number of aliphatic carboxylic acids is 1. The van der Waals surface area contributed by atoms with E-state index in [0.29, 0.717) is 0 Å². The predicted octanol–water partition coefficient (Wildman–Crippen LogP) is 3.26. The minimum absolute atomic E-state index is 0.0636. The van der Waals surface area contributed by atoms with Crippen LogP contribution in [0, 0.1) is 0 Å². The molecular formula is C18H21NO2. The second-order valence-corrected chi connectivity index (χ2v) is 5.34. The Morgan fingerprint density at radius 2 is 1.48 bits per heavy atom. The Bertz CT molecular complexity index is 588. The average molecular weight is 283 g/mol. The third-order valence-corrected chi connectivity index (χ3v) is 3.62. The van der Waals surface area contributed by atoms with Gasteiger partial charge in [-0.1, -0.05) is 55.5 Å². The van der Waals surface area contributed by atoms with Gasteiger partial charge in [0.15, 0.2) is 0 Å². The summed E-state index contributed by atoms with van der Waals surface area (Å²) in [5.74, 6) is -0.806. The van der Waals surface area contributed by atoms with Crippen LogP contribution in [0.4, 0.5) is 0 Å². The van der Waals surface area contributed by atoms with E-state index in [0.717, 1.165) is 29.5 Å². The maximum absolute atomic E-state index is 10.7. The Morgan fingerprint density at radius 1 is 1.00 bits per heavy atom. The quantitative estimate of drug-likeness (QED) is 0.855. The molecule has 0 saturated heterocycles. The van der Waals surface area contributed by atoms with Gasteiger partial charge >= 0.3 is 5.97 Å². The van der Waals surface area contributed by atoms with Crippen molar-refractivity contribution in [2.24, 2.45) is 5.73 Å². The van der Waals surface area contributed by atoms with Gasteiger partial charge in [0.2, 0.25) is 0 Å². The summed E-state index contributed by atoms with van der Waals surface area (Å²) in [6.45, 7) is 2.09. The summed E-state index contributed by atoms with van der Waals surface area (Å²) < 4.78 is 0. The van der Waals surface area contributed by atoms with Crippen LogP contribution < -0.4 is 5.73 Å². The highest BCUT2D eigenvalue weighted by Gasteiger charge is 2.04. The lowest BCUT2D eigenvalue weighted by atomic mass is 9.99. The molecule has 0 fully saturated rings. The molecule has 3 N–H and O–H groups in total. The molecule has 2 aromatic carbocycles. The van der Waals surface area contributed by atoms with Gasteiger partial charge in [-0.15, -0.1) is 0 Å². The van der Waals surface area contributed by atoms with Crippen LogP contribution in [0.1, 0.15) is 24.5 Å². The molecule has 1 unspecified atom stereocenters. The smallest absolute Gasteiger partial charge is 0.307 e. The van der Waals surface area contributed by atoms with Crippen molar-refractivity contribution in [3.05, 3.63) is 59.7 Å². The fourth-order valence-corrected chi connectivity index (χ4v) is 2.27. The molecule has 0 spiro atoms. The maximum Gasteiger partial charge on any atom is 0.307 e. The Balaban J connectivity index is 2.09. The molecule has 0 amide bonds. The van der Waals surface area contributed by atoms with Crippen molar-refractivity contribution >= 4 is 5.97 Å². The molecule has 1 atom stereocenters. The number of carboxylic acids is 1. The Morgan fingerprint density at radius 3 is 1.90 bits per heavy atom. The molecular weight excluding hydrogens is 262 g/mol. The third kappa shape index (κ3) is 4.43. The minimum atomic E-state index is -0.806. The van der Waals surface area contributed by atoms with Gasteiger partial charge in [0.05, 0.1) is 6.42 Å². The molecule has 0 radical (unpaired) electrons. The standard InChI is InChI=1S/C18H21NO2/c1-2-17(19)11-13-3-7-15(8-4-13)16-9-5-14(6-10-16)12-18(20)21/h3-10,17H,2,11-12,19H2,1H3,(H,20,21). The molecule has 0 saturated carbocycles. The van der Waals surface area contributed by atoms with Crippen molar-refractivity contribution in [2.45, 2.75) is 32.2 Å². The zero-order chi connectivity index (χ0) is 15.2. The molecule has 3 nitrogen and oxygen atoms in total. The summed E-state index contributed by atoms with van der Waals surface area (Å²) >= 11 is 0. The van der Waals surface area contributed by atoms with Crippen LogP contribution >= 0.6 is 0 Å². The van der Waals surface area contributed by atoms with E-state index in [1.165, 1.54) is 5.56 Å². The van der Waals surface area contributed by atoms with Crippen molar-refractivity contribution in [1.29, 1.82) is 0 Å². The first-order chi connectivity index (χ1) is 10.1. The largest absolute Gasteiger partial charge is 0.481 e. The van der Waals surface area contributed by atoms with Crippen molar-refractivity contribution in [1.82, 2.24) is 0 Å². The van der Waals surface area contributed by atoms with E-state index < -0.39 is 5.97 Å². The normalized spacial score (nSPS) is 12.1. The van der Waals surface area contributed by atoms with Crippen LogP contribution in [0.3, 0.4) is 0 Å². The minimum Gasteiger partial charge on any atom is -0.481 e. The molecule has 0 bridgehead atoms. The highest BCUT2D eigenvalue weighted by Crippen LogP contribution is 2.21. The van der Waals surface area contributed by atoms with Gasteiger partial charge in [0.1, 0.15) is 0 Å². The third-order valence-electron chi connectivity index (χ3n) is 3.62. The van der Waals surface area contributed by atoms with E-state index in [1.54, 1.807) is 0 Å². The summed E-state index contributed by atoms with van der Waals surface area (Å²) in [4.78, 5) is 10.7. The average Bonchev–Trinajstić information content (AvgIpc) is 2.48. The number of hydrogen-bond acceptors (Lipinski definition) is 2. The topological polar surface area (TPSA) is 63.3 Å². The fraction of sp³-hybridized carbons (Fsp3) is 0.278. The van der Waals surface area contributed by atoms with Gasteiger partial charge in [-0.3, -0.25) is 4.79 Å². The summed E-state index contributed by atoms with van der Waals surface area (Å²) in [5, 5.41) is 8.77. The molecule has 3 heteroatoms. The van der Waals surface area contributed by atoms with Crippen molar-refractivity contribution in [3.8, 4) is 11.1 Å². The summed E-state index contributed by atoms with van der Waals surface area (Å²) in [6.07, 6.45) is 1.94. The molecule has 2 aromatic rings. The van der Waals surface area contributed by atoms with E-state index >= 15 is 0 Å². The molecule has 21 heavy (non-hydrogen) atoms. The maximum atomic E-state index is 10.7. The number of carboxylic acid groups (broad SMARTS) is 1. The highest BCUT2D eigenvalue weighted by atomic mass is 16.4. The van der Waals surface area contributed by atoms with Crippen molar-refractivity contribution < 1.29 is 9.90 Å². The van der Waals surface area contributed by atoms with Crippen LogP contribution in [0.2, 0.25) is 0 Å². The molecule has 110 valence electrons. The zero-order valence-electron chi connectivity index (χ0n) is 12.3. The number of carbonyl (C=O) groups is 1. The molecule has 0 aliphatic rings. The number of rotatable bonds is 6. The second kappa shape index (κ2) is 7.04. The first kappa shape index (κ1) is 15.3. The van der Waals surface area contributed by atoms with Crippen molar-refractivity contribution in [3.63, 3.8) is 0 Å². The fourth-order valence-electron chi connectivity index (χ4n) is 2.27. The van der Waals surface area contributed by atoms with Gasteiger partial charge in [0.25, 0.3) is 0 Å². The molecule has 0 aromatic heterocycles. The van der Waals surface area contributed by atoms with Crippen LogP contribution in [0.25, 0.3) is 11.1 Å². The van der Waals surface area contributed by atoms with Crippen molar-refractivity contribution in [2.75, 3.05) is 0 Å². The van der Waals surface area contributed by atoms with Gasteiger partial charge in [-0.25, -0.2) is 0 Å². The Labute approximate surface area is 125 Å². The summed E-state index contributed by atoms with van der Waals surface area (Å²) in [7, 11) is 0. The summed E-state index contributed by atoms with van der Waals surface area (Å²) in [5.41, 5.74) is 10.2. The second-order valence-electron chi connectivity index (χ2n) is 5.34. The molecule has 0 aliphatic heterocycles. The number of hydrogen-bond donors (Lipinski definition) is 2. The number of nitrogens with two attached hydrogens (primary N) is 1. The van der Waals surface area contributed by atoms with Gasteiger partial charge in [-0.05, 0) is 35.1 Å². The first-order valence-corrected chi connectivity index (χ1v) is 7.24. The van der Waals surface area contributed by atoms with E-state index in [9.17, 15) is 4.79 Å². The van der Waals surface area contributed by atoms with Gasteiger partial charge in [-0.2, -0.15) is 0 Å². The van der Waals surface area contributed by atoms with E-state index in [4.69, 9.17) is 10.8 Å². The van der Waals surface area contributed by atoms with Crippen LogP contribution in [0.5, 0.6) is 0 Å². The zero-order valence-corrected chi connectivity index (χ0v) is 12.3. The van der Waals surface area contributed by atoms with E-state index in [1.807, 2.05) is 24.3 Å². The highest BCUT2D eigenvalue weighted by molar-refractivity contribution is 5.71. The van der Waals surface area contributed by atoms with Crippen LogP contribution in [-0.2, 0) is 17.6 Å². The lowest BCUT2D eigenvalue weighted by Gasteiger charge is -2.09.